The van der Waals surface area contributed by atoms with E-state index < -0.39 is 0 Å². The van der Waals surface area contributed by atoms with E-state index in [-0.39, 0.29) is 0 Å². The van der Waals surface area contributed by atoms with E-state index in [1.165, 1.54) is 6.42 Å². The molecule has 0 bridgehead atoms. The topological polar surface area (TPSA) is 51.8 Å². The number of hydrogen-bond acceptors (Lipinski definition) is 4. The Morgan fingerprint density at radius 3 is 2.56 bits per heavy atom. The third-order valence-electron chi connectivity index (χ3n) is 2.70. The molecule has 0 aromatic carbocycles. The quantitative estimate of drug-likeness (QED) is 0.634. The van der Waals surface area contributed by atoms with Crippen LogP contribution in [0.2, 0.25) is 0 Å². The summed E-state index contributed by atoms with van der Waals surface area (Å²) in [5, 5.41) is 1.05. The maximum atomic E-state index is 5.87. The Balaban J connectivity index is 2.82. The van der Waals surface area contributed by atoms with Gasteiger partial charge in [-0.2, -0.15) is 0 Å². The van der Waals surface area contributed by atoms with Crippen molar-refractivity contribution in [1.82, 2.24) is 9.97 Å². The molecule has 0 fully saturated rings. The highest BCUT2D eigenvalue weighted by molar-refractivity contribution is 7.99. The molecule has 1 rings (SSSR count). The summed E-state index contributed by atoms with van der Waals surface area (Å²) in [5.41, 5.74) is 6.89. The second-order valence-electron chi connectivity index (χ2n) is 4.13. The lowest BCUT2D eigenvalue weighted by molar-refractivity contribution is 0.636. The molecule has 3 nitrogen and oxygen atoms in total. The SMILES string of the molecule is CCc1nc(N)c(C)c(SCC(C)CC)n1. The number of aromatic nitrogens is 2. The summed E-state index contributed by atoms with van der Waals surface area (Å²) in [6.07, 6.45) is 2.04. The number of nitrogen functional groups attached to an aromatic ring is 1. The van der Waals surface area contributed by atoms with Gasteiger partial charge in [0.1, 0.15) is 16.7 Å². The van der Waals surface area contributed by atoms with E-state index in [1.54, 1.807) is 11.8 Å². The lowest BCUT2D eigenvalue weighted by Gasteiger charge is -2.11. The molecule has 1 unspecified atom stereocenters. The van der Waals surface area contributed by atoms with Gasteiger partial charge in [0.2, 0.25) is 0 Å². The maximum Gasteiger partial charge on any atom is 0.131 e. The first-order chi connectivity index (χ1) is 7.58. The zero-order chi connectivity index (χ0) is 12.1. The van der Waals surface area contributed by atoms with Gasteiger partial charge in [-0.3, -0.25) is 0 Å². The fourth-order valence-corrected chi connectivity index (χ4v) is 2.37. The lowest BCUT2D eigenvalue weighted by atomic mass is 10.2. The molecule has 1 atom stereocenters. The van der Waals surface area contributed by atoms with Crippen molar-refractivity contribution >= 4 is 17.6 Å². The van der Waals surface area contributed by atoms with E-state index in [0.29, 0.717) is 11.7 Å². The second-order valence-corrected chi connectivity index (χ2v) is 5.14. The summed E-state index contributed by atoms with van der Waals surface area (Å²) in [6, 6.07) is 0. The molecule has 1 aromatic heterocycles. The van der Waals surface area contributed by atoms with Gasteiger partial charge < -0.3 is 5.73 Å². The van der Waals surface area contributed by atoms with Crippen molar-refractivity contribution in [2.45, 2.75) is 45.6 Å². The number of aryl methyl sites for hydroxylation is 1. The summed E-state index contributed by atoms with van der Waals surface area (Å²) >= 11 is 1.79. The van der Waals surface area contributed by atoms with Gasteiger partial charge in [-0.1, -0.05) is 27.2 Å². The summed E-state index contributed by atoms with van der Waals surface area (Å²) in [5.74, 6) is 3.27. The average molecular weight is 239 g/mol. The molecule has 0 saturated heterocycles. The van der Waals surface area contributed by atoms with Gasteiger partial charge in [-0.15, -0.1) is 11.8 Å². The molecule has 0 aliphatic carbocycles. The number of anilines is 1. The maximum absolute atomic E-state index is 5.87. The minimum Gasteiger partial charge on any atom is -0.383 e. The highest BCUT2D eigenvalue weighted by atomic mass is 32.2. The van der Waals surface area contributed by atoms with Crippen LogP contribution in [0.4, 0.5) is 5.82 Å². The van der Waals surface area contributed by atoms with Crippen LogP contribution in [0.3, 0.4) is 0 Å². The zero-order valence-corrected chi connectivity index (χ0v) is 11.4. The van der Waals surface area contributed by atoms with Crippen LogP contribution in [-0.4, -0.2) is 15.7 Å². The zero-order valence-electron chi connectivity index (χ0n) is 10.6. The normalized spacial score (nSPS) is 12.8. The molecule has 4 heteroatoms. The molecule has 0 aliphatic rings. The molecule has 0 spiro atoms. The summed E-state index contributed by atoms with van der Waals surface area (Å²) in [4.78, 5) is 8.78. The number of hydrogen-bond donors (Lipinski definition) is 1. The fraction of sp³-hybridized carbons (Fsp3) is 0.667. The van der Waals surface area contributed by atoms with Gasteiger partial charge >= 0.3 is 0 Å². The van der Waals surface area contributed by atoms with Crippen LogP contribution < -0.4 is 5.73 Å². The van der Waals surface area contributed by atoms with Crippen molar-refractivity contribution < 1.29 is 0 Å². The largest absolute Gasteiger partial charge is 0.383 e. The first-order valence-corrected chi connectivity index (χ1v) is 6.82. The molecule has 16 heavy (non-hydrogen) atoms. The highest BCUT2D eigenvalue weighted by Crippen LogP contribution is 2.25. The predicted octanol–water partition coefficient (Wildman–Crippen LogP) is 3.07. The molecular weight excluding hydrogens is 218 g/mol. The Hall–Kier alpha value is -0.770. The van der Waals surface area contributed by atoms with Crippen molar-refractivity contribution in [1.29, 1.82) is 0 Å². The molecule has 0 aliphatic heterocycles. The Bertz CT molecular complexity index is 352. The van der Waals surface area contributed by atoms with Gasteiger partial charge in [-0.05, 0) is 12.8 Å². The monoisotopic (exact) mass is 239 g/mol. The van der Waals surface area contributed by atoms with E-state index in [1.807, 2.05) is 13.8 Å². The van der Waals surface area contributed by atoms with Crippen LogP contribution in [0.5, 0.6) is 0 Å². The Kier molecular flexibility index (Phi) is 5.06. The van der Waals surface area contributed by atoms with E-state index in [4.69, 9.17) is 5.73 Å². The van der Waals surface area contributed by atoms with Gasteiger partial charge in [0.25, 0.3) is 0 Å². The Morgan fingerprint density at radius 1 is 1.31 bits per heavy atom. The standard InChI is InChI=1S/C12H21N3S/c1-5-8(3)7-16-12-9(4)11(13)14-10(6-2)15-12/h8H,5-7H2,1-4H3,(H2,13,14,15). The first kappa shape index (κ1) is 13.3. The van der Waals surface area contributed by atoms with Gasteiger partial charge in [0.15, 0.2) is 0 Å². The van der Waals surface area contributed by atoms with Crippen LogP contribution in [0, 0.1) is 12.8 Å². The van der Waals surface area contributed by atoms with Gasteiger partial charge in [0, 0.05) is 17.7 Å². The summed E-state index contributed by atoms with van der Waals surface area (Å²) < 4.78 is 0. The van der Waals surface area contributed by atoms with Crippen molar-refractivity contribution in [3.63, 3.8) is 0 Å². The van der Waals surface area contributed by atoms with E-state index in [2.05, 4.69) is 23.8 Å². The van der Waals surface area contributed by atoms with Crippen molar-refractivity contribution in [2.24, 2.45) is 5.92 Å². The number of thioether (sulfide) groups is 1. The molecule has 90 valence electrons. The summed E-state index contributed by atoms with van der Waals surface area (Å²) in [6.45, 7) is 8.51. The minimum atomic E-state index is 0.624. The second kappa shape index (κ2) is 6.09. The van der Waals surface area contributed by atoms with Gasteiger partial charge in [0.05, 0.1) is 0 Å². The van der Waals surface area contributed by atoms with Crippen molar-refractivity contribution in [2.75, 3.05) is 11.5 Å². The number of nitrogens with zero attached hydrogens (tertiary/aromatic N) is 2. The summed E-state index contributed by atoms with van der Waals surface area (Å²) in [7, 11) is 0. The average Bonchev–Trinajstić information content (AvgIpc) is 2.30. The Labute approximate surface area is 102 Å². The fourth-order valence-electron chi connectivity index (χ4n) is 1.20. The van der Waals surface area contributed by atoms with E-state index in [0.717, 1.165) is 28.6 Å². The molecule has 0 saturated carbocycles. The van der Waals surface area contributed by atoms with Crippen LogP contribution >= 0.6 is 11.8 Å². The third kappa shape index (κ3) is 3.37. The Morgan fingerprint density at radius 2 is 2.00 bits per heavy atom. The molecule has 2 N–H and O–H groups in total. The van der Waals surface area contributed by atoms with E-state index >= 15 is 0 Å². The van der Waals surface area contributed by atoms with Gasteiger partial charge in [-0.25, -0.2) is 9.97 Å². The van der Waals surface area contributed by atoms with E-state index in [9.17, 15) is 0 Å². The first-order valence-electron chi connectivity index (χ1n) is 5.84. The smallest absolute Gasteiger partial charge is 0.131 e. The molecular formula is C12H21N3S. The van der Waals surface area contributed by atoms with Crippen LogP contribution in [0.25, 0.3) is 0 Å². The molecule has 1 aromatic rings. The van der Waals surface area contributed by atoms with Crippen molar-refractivity contribution in [3.05, 3.63) is 11.4 Å². The van der Waals surface area contributed by atoms with Crippen LogP contribution in [0.1, 0.15) is 38.6 Å². The minimum absolute atomic E-state index is 0.624. The molecule has 1 heterocycles. The number of rotatable bonds is 5. The van der Waals surface area contributed by atoms with Crippen LogP contribution in [0.15, 0.2) is 5.03 Å². The highest BCUT2D eigenvalue weighted by Gasteiger charge is 2.09. The molecule has 0 amide bonds. The lowest BCUT2D eigenvalue weighted by Crippen LogP contribution is -2.05. The van der Waals surface area contributed by atoms with Crippen LogP contribution in [-0.2, 0) is 6.42 Å². The van der Waals surface area contributed by atoms with Crippen molar-refractivity contribution in [3.8, 4) is 0 Å². The third-order valence-corrected chi connectivity index (χ3v) is 4.11. The molecule has 0 radical (unpaired) electrons. The number of nitrogens with two attached hydrogens (primary N) is 1. The predicted molar refractivity (Wildman–Crippen MR) is 70.7 cm³/mol.